The number of amides is 1. The van der Waals surface area contributed by atoms with Gasteiger partial charge < -0.3 is 15.1 Å². The summed E-state index contributed by atoms with van der Waals surface area (Å²) < 4.78 is 27.6. The van der Waals surface area contributed by atoms with Crippen LogP contribution >= 0.6 is 0 Å². The summed E-state index contributed by atoms with van der Waals surface area (Å²) in [4.78, 5) is 16.4. The molecule has 1 aliphatic rings. The molecule has 0 radical (unpaired) electrons. The third-order valence-corrected chi connectivity index (χ3v) is 6.99. The van der Waals surface area contributed by atoms with Crippen molar-refractivity contribution in [2.75, 3.05) is 50.0 Å². The van der Waals surface area contributed by atoms with Gasteiger partial charge in [-0.25, -0.2) is 13.1 Å². The van der Waals surface area contributed by atoms with Crippen LogP contribution in [0.1, 0.15) is 25.3 Å². The van der Waals surface area contributed by atoms with E-state index in [0.29, 0.717) is 18.7 Å². The number of sulfonamides is 1. The van der Waals surface area contributed by atoms with Gasteiger partial charge in [0, 0.05) is 50.5 Å². The molecule has 168 valence electrons. The number of carbonyl (C=O) groups is 1. The summed E-state index contributed by atoms with van der Waals surface area (Å²) in [5, 5.41) is 2.71. The molecule has 3 rings (SSSR count). The number of carbonyl (C=O) groups excluding carboxylic acids is 1. The molecule has 1 amide bonds. The Hall–Kier alpha value is -2.42. The number of anilines is 2. The number of aryl methyl sites for hydroxylation is 1. The number of rotatable bonds is 9. The van der Waals surface area contributed by atoms with Crippen molar-refractivity contribution in [2.24, 2.45) is 0 Å². The van der Waals surface area contributed by atoms with Crippen LogP contribution in [0.2, 0.25) is 0 Å². The highest BCUT2D eigenvalue weighted by atomic mass is 32.2. The molecule has 1 heterocycles. The average molecular weight is 445 g/mol. The smallest absolute Gasteiger partial charge is 0.240 e. The molecule has 0 atom stereocenters. The van der Waals surface area contributed by atoms with Crippen molar-refractivity contribution in [2.45, 2.75) is 31.1 Å². The molecule has 2 N–H and O–H groups in total. The minimum Gasteiger partial charge on any atom is -0.369 e. The normalized spacial score (nSPS) is 15.1. The molecule has 1 saturated heterocycles. The maximum atomic E-state index is 12.5. The van der Waals surface area contributed by atoms with Gasteiger partial charge in [-0.2, -0.15) is 0 Å². The fraction of sp³-hybridized carbons (Fsp3) is 0.435. The van der Waals surface area contributed by atoms with E-state index in [1.807, 2.05) is 0 Å². The average Bonchev–Trinajstić information content (AvgIpc) is 2.78. The van der Waals surface area contributed by atoms with Crippen LogP contribution in [0, 0.1) is 0 Å². The monoisotopic (exact) mass is 444 g/mol. The standard InChI is InChI=1S/C23H32N4O3S/c1-3-23(28)25-20-8-12-22(13-9-20)31(29,30)24-14-4-5-19-6-10-21(11-7-19)27-17-15-26(2)16-18-27/h6-13,24H,3-5,14-18H2,1-2H3,(H,25,28). The summed E-state index contributed by atoms with van der Waals surface area (Å²) >= 11 is 0. The third-order valence-electron chi connectivity index (χ3n) is 5.51. The number of piperazine rings is 1. The van der Waals surface area contributed by atoms with Gasteiger partial charge in [0.1, 0.15) is 0 Å². The molecule has 1 fully saturated rings. The Kier molecular flexibility index (Phi) is 8.06. The molecular weight excluding hydrogens is 412 g/mol. The summed E-state index contributed by atoms with van der Waals surface area (Å²) in [5.41, 5.74) is 3.04. The summed E-state index contributed by atoms with van der Waals surface area (Å²) in [7, 11) is -1.42. The zero-order chi connectivity index (χ0) is 22.3. The van der Waals surface area contributed by atoms with E-state index in [0.717, 1.165) is 39.0 Å². The molecule has 2 aromatic rings. The molecule has 0 bridgehead atoms. The summed E-state index contributed by atoms with van der Waals surface area (Å²) in [5.74, 6) is -0.106. The van der Waals surface area contributed by atoms with Gasteiger partial charge >= 0.3 is 0 Å². The van der Waals surface area contributed by atoms with Crippen molar-refractivity contribution in [3.8, 4) is 0 Å². The fourth-order valence-corrected chi connectivity index (χ4v) is 4.56. The maximum Gasteiger partial charge on any atom is 0.240 e. The zero-order valence-electron chi connectivity index (χ0n) is 18.3. The van der Waals surface area contributed by atoms with E-state index >= 15 is 0 Å². The maximum absolute atomic E-state index is 12.5. The van der Waals surface area contributed by atoms with Crippen molar-refractivity contribution >= 4 is 27.3 Å². The number of nitrogens with one attached hydrogen (secondary N) is 2. The lowest BCUT2D eigenvalue weighted by Crippen LogP contribution is -2.44. The molecule has 0 unspecified atom stereocenters. The molecule has 31 heavy (non-hydrogen) atoms. The van der Waals surface area contributed by atoms with Gasteiger partial charge in [0.25, 0.3) is 0 Å². The molecule has 0 aliphatic carbocycles. The molecule has 8 heteroatoms. The third kappa shape index (κ3) is 6.78. The number of benzene rings is 2. The Morgan fingerprint density at radius 3 is 2.23 bits per heavy atom. The highest BCUT2D eigenvalue weighted by Gasteiger charge is 2.15. The fourth-order valence-electron chi connectivity index (χ4n) is 3.49. The quantitative estimate of drug-likeness (QED) is 0.581. The molecule has 0 saturated carbocycles. The molecule has 1 aliphatic heterocycles. The minimum absolute atomic E-state index is 0.106. The van der Waals surface area contributed by atoms with Crippen LogP contribution in [0.5, 0.6) is 0 Å². The zero-order valence-corrected chi connectivity index (χ0v) is 19.1. The first-order valence-electron chi connectivity index (χ1n) is 10.8. The predicted molar refractivity (Wildman–Crippen MR) is 125 cm³/mol. The molecule has 7 nitrogen and oxygen atoms in total. The highest BCUT2D eigenvalue weighted by molar-refractivity contribution is 7.89. The van der Waals surface area contributed by atoms with Gasteiger partial charge in [0.15, 0.2) is 0 Å². The van der Waals surface area contributed by atoms with E-state index in [9.17, 15) is 13.2 Å². The lowest BCUT2D eigenvalue weighted by molar-refractivity contribution is -0.115. The molecule has 0 aromatic heterocycles. The van der Waals surface area contributed by atoms with E-state index in [-0.39, 0.29) is 10.8 Å². The minimum atomic E-state index is -3.56. The first kappa shape index (κ1) is 23.2. The second-order valence-corrected chi connectivity index (χ2v) is 9.65. The Bertz CT molecular complexity index is 951. The second-order valence-electron chi connectivity index (χ2n) is 7.88. The summed E-state index contributed by atoms with van der Waals surface area (Å²) in [6, 6.07) is 14.8. The number of hydrogen-bond acceptors (Lipinski definition) is 5. The van der Waals surface area contributed by atoms with Gasteiger partial charge in [0.2, 0.25) is 15.9 Å². The Labute approximate surface area is 185 Å². The van der Waals surface area contributed by atoms with Crippen LogP contribution in [0.3, 0.4) is 0 Å². The number of nitrogens with zero attached hydrogens (tertiary/aromatic N) is 2. The van der Waals surface area contributed by atoms with Crippen molar-refractivity contribution in [3.05, 3.63) is 54.1 Å². The predicted octanol–water partition coefficient (Wildman–Crippen LogP) is 2.70. The Morgan fingerprint density at radius 1 is 0.968 bits per heavy atom. The van der Waals surface area contributed by atoms with E-state index < -0.39 is 10.0 Å². The first-order chi connectivity index (χ1) is 14.9. The topological polar surface area (TPSA) is 81.7 Å². The highest BCUT2D eigenvalue weighted by Crippen LogP contribution is 2.18. The largest absolute Gasteiger partial charge is 0.369 e. The first-order valence-corrected chi connectivity index (χ1v) is 12.3. The van der Waals surface area contributed by atoms with Crippen LogP contribution in [0.25, 0.3) is 0 Å². The van der Waals surface area contributed by atoms with Crippen LogP contribution in [-0.2, 0) is 21.2 Å². The van der Waals surface area contributed by atoms with Gasteiger partial charge in [0.05, 0.1) is 4.90 Å². The van der Waals surface area contributed by atoms with Crippen molar-refractivity contribution in [1.29, 1.82) is 0 Å². The van der Waals surface area contributed by atoms with E-state index in [2.05, 4.69) is 51.2 Å². The van der Waals surface area contributed by atoms with Crippen LogP contribution in [-0.4, -0.2) is 59.0 Å². The van der Waals surface area contributed by atoms with Crippen molar-refractivity contribution < 1.29 is 13.2 Å². The van der Waals surface area contributed by atoms with Gasteiger partial charge in [-0.05, 0) is 61.9 Å². The lowest BCUT2D eigenvalue weighted by Gasteiger charge is -2.34. The number of likely N-dealkylation sites (N-methyl/N-ethyl adjacent to an activating group) is 1. The van der Waals surface area contributed by atoms with Gasteiger partial charge in [-0.15, -0.1) is 0 Å². The summed E-state index contributed by atoms with van der Waals surface area (Å²) in [6.07, 6.45) is 1.91. The van der Waals surface area contributed by atoms with Crippen molar-refractivity contribution in [1.82, 2.24) is 9.62 Å². The van der Waals surface area contributed by atoms with Gasteiger partial charge in [-0.1, -0.05) is 19.1 Å². The van der Waals surface area contributed by atoms with Crippen LogP contribution < -0.4 is 14.9 Å². The molecular formula is C23H32N4O3S. The van der Waals surface area contributed by atoms with Crippen LogP contribution in [0.15, 0.2) is 53.4 Å². The second kappa shape index (κ2) is 10.7. The molecule has 2 aromatic carbocycles. The lowest BCUT2D eigenvalue weighted by atomic mass is 10.1. The Morgan fingerprint density at radius 2 is 1.61 bits per heavy atom. The van der Waals surface area contributed by atoms with Crippen molar-refractivity contribution in [3.63, 3.8) is 0 Å². The SMILES string of the molecule is CCC(=O)Nc1ccc(S(=O)(=O)NCCCc2ccc(N3CCN(C)CC3)cc2)cc1. The van der Waals surface area contributed by atoms with Crippen LogP contribution in [0.4, 0.5) is 11.4 Å². The number of hydrogen-bond donors (Lipinski definition) is 2. The summed E-state index contributed by atoms with van der Waals surface area (Å²) in [6.45, 7) is 6.39. The van der Waals surface area contributed by atoms with E-state index in [1.165, 1.54) is 23.4 Å². The van der Waals surface area contributed by atoms with E-state index in [4.69, 9.17) is 0 Å². The van der Waals surface area contributed by atoms with Gasteiger partial charge in [-0.3, -0.25) is 4.79 Å². The Balaban J connectivity index is 1.44. The molecule has 0 spiro atoms. The van der Waals surface area contributed by atoms with E-state index in [1.54, 1.807) is 19.1 Å².